The van der Waals surface area contributed by atoms with Gasteiger partial charge in [0.25, 0.3) is 0 Å². The maximum absolute atomic E-state index is 14.0. The lowest BCUT2D eigenvalue weighted by atomic mass is 9.70. The van der Waals surface area contributed by atoms with Crippen LogP contribution in [0.4, 0.5) is 11.4 Å². The molecule has 2 aromatic rings. The number of hydrogen-bond donors (Lipinski definition) is 3. The van der Waals surface area contributed by atoms with Gasteiger partial charge >= 0.3 is 0 Å². The zero-order valence-corrected chi connectivity index (χ0v) is 23.5. The molecule has 1 spiro atoms. The minimum absolute atomic E-state index is 0.0335. The van der Waals surface area contributed by atoms with Crippen LogP contribution < -0.4 is 15.4 Å². The molecule has 2 aromatic carbocycles. The van der Waals surface area contributed by atoms with E-state index in [-0.39, 0.29) is 29.6 Å². The van der Waals surface area contributed by atoms with E-state index in [4.69, 9.17) is 16.3 Å². The summed E-state index contributed by atoms with van der Waals surface area (Å²) in [7, 11) is 0. The monoisotopic (exact) mass is 571 g/mol. The SMILES string of the molecule is CCOc1ccc(NC(=O)[C@@H]2[C@@H]3CCC4(S3)C(C(=O)Nc3ccccc3Cl)N(CCCCCO)C(=O)[C@H]24)cc1. The number of amides is 3. The predicted octanol–water partition coefficient (Wildman–Crippen LogP) is 4.57. The Hall–Kier alpha value is -2.75. The number of thioether (sulfide) groups is 1. The molecule has 208 valence electrons. The Labute approximate surface area is 237 Å². The molecule has 10 heteroatoms. The number of rotatable bonds is 11. The number of aliphatic hydroxyl groups is 1. The second-order valence-corrected chi connectivity index (χ2v) is 12.3. The highest BCUT2D eigenvalue weighted by Gasteiger charge is 2.73. The van der Waals surface area contributed by atoms with Crippen molar-refractivity contribution in [2.45, 2.75) is 55.1 Å². The summed E-state index contributed by atoms with van der Waals surface area (Å²) in [4.78, 5) is 43.2. The summed E-state index contributed by atoms with van der Waals surface area (Å²) in [6.07, 6.45) is 3.51. The van der Waals surface area contributed by atoms with E-state index in [9.17, 15) is 19.5 Å². The molecule has 0 aliphatic carbocycles. The van der Waals surface area contributed by atoms with E-state index in [1.54, 1.807) is 65.2 Å². The van der Waals surface area contributed by atoms with Gasteiger partial charge in [-0.3, -0.25) is 14.4 Å². The zero-order valence-electron chi connectivity index (χ0n) is 21.9. The third kappa shape index (κ3) is 5.24. The van der Waals surface area contributed by atoms with Crippen molar-refractivity contribution < 1.29 is 24.2 Å². The largest absolute Gasteiger partial charge is 0.494 e. The number of unbranched alkanes of at least 4 members (excludes halogenated alkanes) is 2. The molecule has 3 N–H and O–H groups in total. The van der Waals surface area contributed by atoms with E-state index < -0.39 is 22.6 Å². The Bertz CT molecular complexity index is 1230. The molecule has 0 aromatic heterocycles. The molecule has 2 bridgehead atoms. The number of aliphatic hydroxyl groups excluding tert-OH is 1. The minimum Gasteiger partial charge on any atom is -0.494 e. The van der Waals surface area contributed by atoms with Crippen molar-refractivity contribution in [3.05, 3.63) is 53.6 Å². The zero-order chi connectivity index (χ0) is 27.6. The first-order valence-corrected chi connectivity index (χ1v) is 14.8. The van der Waals surface area contributed by atoms with Crippen molar-refractivity contribution in [3.8, 4) is 5.75 Å². The van der Waals surface area contributed by atoms with E-state index in [1.807, 2.05) is 6.92 Å². The lowest BCUT2D eigenvalue weighted by Crippen LogP contribution is -2.51. The van der Waals surface area contributed by atoms with E-state index in [2.05, 4.69) is 10.6 Å². The molecule has 0 radical (unpaired) electrons. The Balaban J connectivity index is 1.41. The number of anilines is 2. The Morgan fingerprint density at radius 2 is 1.87 bits per heavy atom. The van der Waals surface area contributed by atoms with E-state index in [1.165, 1.54) is 0 Å². The Morgan fingerprint density at radius 3 is 2.59 bits per heavy atom. The topological polar surface area (TPSA) is 108 Å². The molecule has 3 aliphatic heterocycles. The van der Waals surface area contributed by atoms with Crippen molar-refractivity contribution in [1.82, 2.24) is 4.90 Å². The van der Waals surface area contributed by atoms with E-state index in [0.717, 1.165) is 18.6 Å². The number of carbonyl (C=O) groups excluding carboxylic acids is 3. The lowest BCUT2D eigenvalue weighted by Gasteiger charge is -2.34. The average Bonchev–Trinajstić information content (AvgIpc) is 3.56. The smallest absolute Gasteiger partial charge is 0.248 e. The highest BCUT2D eigenvalue weighted by Crippen LogP contribution is 2.66. The number of fused-ring (bicyclic) bond motifs is 1. The third-order valence-electron chi connectivity index (χ3n) is 7.97. The number of carbonyl (C=O) groups is 3. The molecule has 3 aliphatic rings. The van der Waals surface area contributed by atoms with Crippen LogP contribution in [0.5, 0.6) is 5.75 Å². The van der Waals surface area contributed by atoms with Crippen LogP contribution in [0.25, 0.3) is 0 Å². The number of nitrogens with zero attached hydrogens (tertiary/aromatic N) is 1. The van der Waals surface area contributed by atoms with Gasteiger partial charge in [-0.25, -0.2) is 0 Å². The second-order valence-electron chi connectivity index (χ2n) is 10.3. The Kier molecular flexibility index (Phi) is 8.40. The van der Waals surface area contributed by atoms with Crippen molar-refractivity contribution in [1.29, 1.82) is 0 Å². The fourth-order valence-electron chi connectivity index (χ4n) is 6.36. The van der Waals surface area contributed by atoms with Gasteiger partial charge in [-0.05, 0) is 75.4 Å². The first kappa shape index (κ1) is 27.8. The van der Waals surface area contributed by atoms with Crippen LogP contribution in [0.2, 0.25) is 5.02 Å². The van der Waals surface area contributed by atoms with Gasteiger partial charge in [0.05, 0.1) is 33.9 Å². The van der Waals surface area contributed by atoms with Gasteiger partial charge < -0.3 is 25.4 Å². The normalized spacial score (nSPS) is 26.9. The predicted molar refractivity (Wildman–Crippen MR) is 153 cm³/mol. The van der Waals surface area contributed by atoms with E-state index >= 15 is 0 Å². The maximum atomic E-state index is 14.0. The maximum Gasteiger partial charge on any atom is 0.248 e. The van der Waals surface area contributed by atoms with Gasteiger partial charge in [0.15, 0.2) is 0 Å². The van der Waals surface area contributed by atoms with Gasteiger partial charge in [-0.15, -0.1) is 11.8 Å². The summed E-state index contributed by atoms with van der Waals surface area (Å²) < 4.78 is 4.82. The summed E-state index contributed by atoms with van der Waals surface area (Å²) in [6.45, 7) is 2.95. The number of likely N-dealkylation sites (tertiary alicyclic amines) is 1. The van der Waals surface area contributed by atoms with Gasteiger partial charge in [-0.1, -0.05) is 23.7 Å². The highest BCUT2D eigenvalue weighted by atomic mass is 35.5. The molecule has 39 heavy (non-hydrogen) atoms. The third-order valence-corrected chi connectivity index (χ3v) is 10.3. The molecule has 3 amide bonds. The quantitative estimate of drug-likeness (QED) is 0.341. The summed E-state index contributed by atoms with van der Waals surface area (Å²) in [5.74, 6) is -0.990. The highest BCUT2D eigenvalue weighted by molar-refractivity contribution is 8.02. The number of hydrogen-bond acceptors (Lipinski definition) is 6. The first-order valence-electron chi connectivity index (χ1n) is 13.6. The Morgan fingerprint density at radius 1 is 1.10 bits per heavy atom. The molecule has 5 atom stereocenters. The van der Waals surface area contributed by atoms with Crippen molar-refractivity contribution in [2.24, 2.45) is 11.8 Å². The van der Waals surface area contributed by atoms with Gasteiger partial charge in [0, 0.05) is 24.1 Å². The number of ether oxygens (including phenoxy) is 1. The fourth-order valence-corrected chi connectivity index (χ4v) is 8.76. The second kappa shape index (κ2) is 11.8. The fraction of sp³-hybridized carbons (Fsp3) is 0.483. The molecular formula is C29H34ClN3O5S. The van der Waals surface area contributed by atoms with Gasteiger partial charge in [0.1, 0.15) is 11.8 Å². The summed E-state index contributed by atoms with van der Waals surface area (Å²) in [5.41, 5.74) is 1.14. The van der Waals surface area contributed by atoms with E-state index in [0.29, 0.717) is 48.8 Å². The van der Waals surface area contributed by atoms with Crippen LogP contribution >= 0.6 is 23.4 Å². The van der Waals surface area contributed by atoms with Crippen LogP contribution in [0.1, 0.15) is 39.0 Å². The number of nitrogens with one attached hydrogen (secondary N) is 2. The van der Waals surface area contributed by atoms with Crippen molar-refractivity contribution in [3.63, 3.8) is 0 Å². The van der Waals surface area contributed by atoms with Crippen LogP contribution in [0, 0.1) is 11.8 Å². The summed E-state index contributed by atoms with van der Waals surface area (Å²) in [5, 5.41) is 15.6. The number of para-hydroxylation sites is 1. The molecule has 3 fully saturated rings. The molecule has 0 saturated carbocycles. The van der Waals surface area contributed by atoms with Gasteiger partial charge in [0.2, 0.25) is 17.7 Å². The molecule has 5 rings (SSSR count). The summed E-state index contributed by atoms with van der Waals surface area (Å²) in [6, 6.07) is 13.5. The molecule has 3 heterocycles. The van der Waals surface area contributed by atoms with Crippen LogP contribution in [0.15, 0.2) is 48.5 Å². The van der Waals surface area contributed by atoms with Crippen LogP contribution in [-0.2, 0) is 14.4 Å². The minimum atomic E-state index is -0.710. The van der Waals surface area contributed by atoms with Crippen molar-refractivity contribution >= 4 is 52.5 Å². The first-order chi connectivity index (χ1) is 18.9. The number of benzene rings is 2. The number of halogens is 1. The molecule has 8 nitrogen and oxygen atoms in total. The molecular weight excluding hydrogens is 538 g/mol. The van der Waals surface area contributed by atoms with Crippen molar-refractivity contribution in [2.75, 3.05) is 30.4 Å². The average molecular weight is 572 g/mol. The lowest BCUT2D eigenvalue weighted by molar-refractivity contribution is -0.138. The van der Waals surface area contributed by atoms with Gasteiger partial charge in [-0.2, -0.15) is 0 Å². The standard InChI is InChI=1S/C29H34ClN3O5S/c1-2-38-19-12-10-18(11-13-19)31-26(35)23-22-14-15-29(39-22)24(23)28(37)33(16-6-3-7-17-34)25(29)27(36)32-21-9-5-4-8-20(21)30/h4-5,8-13,22-25,34H,2-3,6-7,14-17H2,1H3,(H,31,35)(H,32,36)/t22-,23+,24-,25?,29?/m0/s1. The molecule has 3 saturated heterocycles. The van der Waals surface area contributed by atoms with Crippen LogP contribution in [-0.4, -0.2) is 63.5 Å². The molecule has 2 unspecified atom stereocenters. The van der Waals surface area contributed by atoms with Crippen LogP contribution in [0.3, 0.4) is 0 Å². The summed E-state index contributed by atoms with van der Waals surface area (Å²) >= 11 is 7.96.